The van der Waals surface area contributed by atoms with Crippen molar-refractivity contribution in [3.05, 3.63) is 59.7 Å². The topological polar surface area (TPSA) is 105 Å². The summed E-state index contributed by atoms with van der Waals surface area (Å²) < 4.78 is 5.56. The van der Waals surface area contributed by atoms with E-state index < -0.39 is 12.1 Å². The Labute approximate surface area is 198 Å². The van der Waals surface area contributed by atoms with E-state index in [0.29, 0.717) is 18.8 Å². The molecule has 2 aromatic carbocycles. The van der Waals surface area contributed by atoms with Gasteiger partial charge in [-0.25, -0.2) is 4.79 Å². The second kappa shape index (κ2) is 9.12. The van der Waals surface area contributed by atoms with Crippen LogP contribution in [-0.4, -0.2) is 41.8 Å². The van der Waals surface area contributed by atoms with Crippen molar-refractivity contribution in [2.75, 3.05) is 6.61 Å². The lowest BCUT2D eigenvalue weighted by molar-refractivity contribution is -0.141. The summed E-state index contributed by atoms with van der Waals surface area (Å²) >= 11 is 0. The third kappa shape index (κ3) is 4.27. The molecular formula is C27H30N2O5. The van der Waals surface area contributed by atoms with Crippen LogP contribution >= 0.6 is 0 Å². The quantitative estimate of drug-likeness (QED) is 0.579. The number of alkyl carbamates (subject to hydrolysis) is 1. The lowest BCUT2D eigenvalue weighted by Gasteiger charge is -2.41. The van der Waals surface area contributed by atoms with Crippen molar-refractivity contribution in [2.45, 2.75) is 50.6 Å². The average Bonchev–Trinajstić information content (AvgIpc) is 3.31. The smallest absolute Gasteiger partial charge is 0.407 e. The van der Waals surface area contributed by atoms with Crippen molar-refractivity contribution in [1.82, 2.24) is 10.6 Å². The van der Waals surface area contributed by atoms with E-state index >= 15 is 0 Å². The normalized spacial score (nSPS) is 25.3. The fourth-order valence-corrected chi connectivity index (χ4v) is 6.03. The molecule has 7 nitrogen and oxygen atoms in total. The van der Waals surface area contributed by atoms with E-state index in [1.165, 1.54) is 11.1 Å². The molecule has 34 heavy (non-hydrogen) atoms. The zero-order valence-electron chi connectivity index (χ0n) is 19.2. The highest BCUT2D eigenvalue weighted by Crippen LogP contribution is 2.49. The SMILES string of the molecule is C[C@H](CC(=O)NC1CC2CC(C(=O)O)CC21)NC(=O)OCC1c2ccccc2-c2ccccc21. The first-order valence-corrected chi connectivity index (χ1v) is 12.0. The Bertz CT molecular complexity index is 1070. The van der Waals surface area contributed by atoms with Crippen molar-refractivity contribution in [3.63, 3.8) is 0 Å². The summed E-state index contributed by atoms with van der Waals surface area (Å²) in [6, 6.07) is 16.0. The molecule has 0 radical (unpaired) electrons. The van der Waals surface area contributed by atoms with Gasteiger partial charge in [-0.1, -0.05) is 48.5 Å². The maximum absolute atomic E-state index is 12.5. The number of amides is 2. The molecule has 4 unspecified atom stereocenters. The molecule has 7 heteroatoms. The Morgan fingerprint density at radius 3 is 2.29 bits per heavy atom. The number of carboxylic acid groups (broad SMARTS) is 1. The van der Waals surface area contributed by atoms with Gasteiger partial charge in [-0.2, -0.15) is 0 Å². The Balaban J connectivity index is 1.09. The van der Waals surface area contributed by atoms with Crippen LogP contribution in [0, 0.1) is 17.8 Å². The third-order valence-corrected chi connectivity index (χ3v) is 7.72. The summed E-state index contributed by atoms with van der Waals surface area (Å²) in [4.78, 5) is 36.1. The minimum atomic E-state index is -0.736. The van der Waals surface area contributed by atoms with Gasteiger partial charge in [0, 0.05) is 24.4 Å². The standard InChI is InChI=1S/C27H30N2O5/c1-15(10-25(30)29-24-13-16-11-17(26(31)32)12-22(16)24)28-27(33)34-14-23-20-8-4-2-6-18(20)19-7-3-5-9-21(19)23/h2-9,15-17,22-24H,10-14H2,1H3,(H,28,33)(H,29,30)(H,31,32)/t15-,16?,17?,22?,24?/m1/s1. The van der Waals surface area contributed by atoms with Crippen LogP contribution in [0.1, 0.15) is 49.7 Å². The van der Waals surface area contributed by atoms with Crippen LogP contribution in [0.4, 0.5) is 4.79 Å². The molecule has 0 spiro atoms. The molecule has 5 rings (SSSR count). The van der Waals surface area contributed by atoms with E-state index in [4.69, 9.17) is 4.74 Å². The highest BCUT2D eigenvalue weighted by Gasteiger charge is 2.49. The molecule has 3 aliphatic carbocycles. The monoisotopic (exact) mass is 462 g/mol. The van der Waals surface area contributed by atoms with Gasteiger partial charge in [0.15, 0.2) is 0 Å². The molecule has 0 bridgehead atoms. The second-order valence-electron chi connectivity index (χ2n) is 9.92. The van der Waals surface area contributed by atoms with Gasteiger partial charge in [-0.15, -0.1) is 0 Å². The van der Waals surface area contributed by atoms with E-state index in [-0.39, 0.29) is 48.8 Å². The number of carboxylic acids is 1. The summed E-state index contributed by atoms with van der Waals surface area (Å²) in [5.74, 6) is -0.497. The number of hydrogen-bond acceptors (Lipinski definition) is 4. The van der Waals surface area contributed by atoms with Crippen LogP contribution in [0.5, 0.6) is 0 Å². The number of nitrogens with one attached hydrogen (secondary N) is 2. The van der Waals surface area contributed by atoms with Gasteiger partial charge < -0.3 is 20.5 Å². The van der Waals surface area contributed by atoms with Crippen LogP contribution < -0.4 is 10.6 Å². The van der Waals surface area contributed by atoms with Crippen molar-refractivity contribution in [2.24, 2.45) is 17.8 Å². The Kier molecular flexibility index (Phi) is 6.02. The summed E-state index contributed by atoms with van der Waals surface area (Å²) in [6.45, 7) is 2.01. The molecule has 2 fully saturated rings. The van der Waals surface area contributed by atoms with Crippen molar-refractivity contribution in [3.8, 4) is 11.1 Å². The molecule has 0 heterocycles. The largest absolute Gasteiger partial charge is 0.481 e. The fourth-order valence-electron chi connectivity index (χ4n) is 6.03. The van der Waals surface area contributed by atoms with Crippen LogP contribution in [0.3, 0.4) is 0 Å². The summed E-state index contributed by atoms with van der Waals surface area (Å²) in [5, 5.41) is 15.0. The Morgan fingerprint density at radius 2 is 1.65 bits per heavy atom. The molecule has 0 aromatic heterocycles. The van der Waals surface area contributed by atoms with Crippen LogP contribution in [0.2, 0.25) is 0 Å². The molecule has 3 N–H and O–H groups in total. The van der Waals surface area contributed by atoms with Crippen molar-refractivity contribution < 1.29 is 24.2 Å². The molecule has 5 atom stereocenters. The first-order chi connectivity index (χ1) is 16.4. The van der Waals surface area contributed by atoms with Crippen molar-refractivity contribution in [1.29, 1.82) is 0 Å². The first kappa shape index (κ1) is 22.4. The van der Waals surface area contributed by atoms with Gasteiger partial charge in [-0.05, 0) is 60.3 Å². The highest BCUT2D eigenvalue weighted by molar-refractivity contribution is 5.80. The predicted octanol–water partition coefficient (Wildman–Crippen LogP) is 3.92. The zero-order valence-corrected chi connectivity index (χ0v) is 19.2. The lowest BCUT2D eigenvalue weighted by Crippen LogP contribution is -2.51. The number of hydrogen-bond donors (Lipinski definition) is 3. The predicted molar refractivity (Wildman–Crippen MR) is 126 cm³/mol. The second-order valence-corrected chi connectivity index (χ2v) is 9.92. The molecule has 2 saturated carbocycles. The van der Waals surface area contributed by atoms with Crippen LogP contribution in [0.25, 0.3) is 11.1 Å². The number of carbonyl (C=O) groups excluding carboxylic acids is 2. The highest BCUT2D eigenvalue weighted by atomic mass is 16.5. The molecule has 2 aromatic rings. The first-order valence-electron chi connectivity index (χ1n) is 12.0. The summed E-state index contributed by atoms with van der Waals surface area (Å²) in [6.07, 6.45) is 1.81. The van der Waals surface area contributed by atoms with E-state index in [9.17, 15) is 19.5 Å². The number of benzene rings is 2. The molecule has 0 aliphatic heterocycles. The maximum Gasteiger partial charge on any atom is 0.407 e. The number of fused-ring (bicyclic) bond motifs is 4. The number of aliphatic carboxylic acids is 1. The van der Waals surface area contributed by atoms with Gasteiger partial charge in [0.2, 0.25) is 5.91 Å². The minimum Gasteiger partial charge on any atom is -0.481 e. The zero-order chi connectivity index (χ0) is 23.8. The molecule has 178 valence electrons. The number of carbonyl (C=O) groups is 3. The Hall–Kier alpha value is -3.35. The number of rotatable bonds is 7. The van der Waals surface area contributed by atoms with Crippen LogP contribution in [0.15, 0.2) is 48.5 Å². The molecule has 0 saturated heterocycles. The van der Waals surface area contributed by atoms with Gasteiger partial charge in [-0.3, -0.25) is 9.59 Å². The van der Waals surface area contributed by atoms with E-state index in [0.717, 1.165) is 17.5 Å². The van der Waals surface area contributed by atoms with Crippen molar-refractivity contribution >= 4 is 18.0 Å². The van der Waals surface area contributed by atoms with E-state index in [1.54, 1.807) is 6.92 Å². The fraction of sp³-hybridized carbons (Fsp3) is 0.444. The molecular weight excluding hydrogens is 432 g/mol. The van der Waals surface area contributed by atoms with E-state index in [2.05, 4.69) is 34.9 Å². The van der Waals surface area contributed by atoms with E-state index in [1.807, 2.05) is 24.3 Å². The average molecular weight is 463 g/mol. The Morgan fingerprint density at radius 1 is 1.00 bits per heavy atom. The minimum absolute atomic E-state index is 0.00985. The lowest BCUT2D eigenvalue weighted by atomic mass is 9.71. The van der Waals surface area contributed by atoms with Gasteiger partial charge in [0.25, 0.3) is 0 Å². The van der Waals surface area contributed by atoms with Crippen LogP contribution in [-0.2, 0) is 14.3 Å². The summed E-state index contributed by atoms with van der Waals surface area (Å²) in [7, 11) is 0. The number of ether oxygens (including phenoxy) is 1. The molecule has 3 aliphatic rings. The molecule has 2 amide bonds. The maximum atomic E-state index is 12.5. The van der Waals surface area contributed by atoms with Gasteiger partial charge >= 0.3 is 12.1 Å². The van der Waals surface area contributed by atoms with Gasteiger partial charge in [0.1, 0.15) is 6.61 Å². The van der Waals surface area contributed by atoms with Gasteiger partial charge in [0.05, 0.1) is 5.92 Å². The summed E-state index contributed by atoms with van der Waals surface area (Å²) in [5.41, 5.74) is 4.65. The third-order valence-electron chi connectivity index (χ3n) is 7.72.